The van der Waals surface area contributed by atoms with Gasteiger partial charge in [-0.15, -0.1) is 0 Å². The highest BCUT2D eigenvalue weighted by Crippen LogP contribution is 2.54. The lowest BCUT2D eigenvalue weighted by molar-refractivity contribution is -0.118. The zero-order chi connectivity index (χ0) is 25.8. The van der Waals surface area contributed by atoms with Crippen molar-refractivity contribution in [3.8, 4) is 23.3 Å². The number of anilines is 1. The minimum Gasteiger partial charge on any atom is -0.493 e. The van der Waals surface area contributed by atoms with Crippen LogP contribution in [-0.4, -0.2) is 32.9 Å². The predicted octanol–water partition coefficient (Wildman–Crippen LogP) is 4.41. The average Bonchev–Trinajstić information content (AvgIpc) is 2.86. The van der Waals surface area contributed by atoms with Crippen molar-refractivity contribution in [2.24, 2.45) is 16.1 Å². The molecule has 0 amide bonds. The Bertz CT molecular complexity index is 1400. The highest BCUT2D eigenvalue weighted by molar-refractivity contribution is 6.08. The molecule has 0 fully saturated rings. The van der Waals surface area contributed by atoms with Crippen molar-refractivity contribution in [3.63, 3.8) is 0 Å². The van der Waals surface area contributed by atoms with Gasteiger partial charge in [-0.25, -0.2) is 4.99 Å². The molecule has 0 saturated heterocycles. The van der Waals surface area contributed by atoms with Gasteiger partial charge in [0, 0.05) is 23.3 Å². The lowest BCUT2D eigenvalue weighted by Crippen LogP contribution is -2.42. The fourth-order valence-corrected chi connectivity index (χ4v) is 5.50. The number of aliphatic imine (C=N–C) groups is 1. The van der Waals surface area contributed by atoms with Gasteiger partial charge in [0.05, 0.1) is 44.6 Å². The first-order valence-electron chi connectivity index (χ1n) is 11.7. The minimum absolute atomic E-state index is 0.00630. The number of amidine groups is 1. The molecular formula is C28H28N4O4. The highest BCUT2D eigenvalue weighted by Gasteiger charge is 2.47. The van der Waals surface area contributed by atoms with Gasteiger partial charge in [-0.2, -0.15) is 5.26 Å². The van der Waals surface area contributed by atoms with Crippen LogP contribution in [0.5, 0.6) is 17.2 Å². The van der Waals surface area contributed by atoms with Crippen molar-refractivity contribution < 1.29 is 19.0 Å². The van der Waals surface area contributed by atoms with E-state index < -0.39 is 5.92 Å². The van der Waals surface area contributed by atoms with Crippen molar-refractivity contribution in [1.29, 1.82) is 5.26 Å². The van der Waals surface area contributed by atoms with E-state index in [0.29, 0.717) is 58.5 Å². The first kappa shape index (κ1) is 23.5. The summed E-state index contributed by atoms with van der Waals surface area (Å²) in [6.07, 6.45) is 1.02. The van der Waals surface area contributed by atoms with Crippen LogP contribution in [0.2, 0.25) is 0 Å². The summed E-state index contributed by atoms with van der Waals surface area (Å²) in [5, 5.41) is 10.5. The fraction of sp³-hybridized carbons (Fsp3) is 0.321. The number of nitrogens with zero attached hydrogens (tertiary/aromatic N) is 3. The molecule has 8 heteroatoms. The second kappa shape index (κ2) is 8.45. The van der Waals surface area contributed by atoms with Gasteiger partial charge in [-0.1, -0.05) is 26.0 Å². The number of Topliss-reactive ketones (excluding diaryl/α,β-unsaturated/α-hetero) is 1. The number of rotatable bonds is 4. The summed E-state index contributed by atoms with van der Waals surface area (Å²) in [5.41, 5.74) is 10.2. The van der Waals surface area contributed by atoms with Crippen molar-refractivity contribution in [2.45, 2.75) is 32.6 Å². The number of ether oxygens (including phenoxy) is 3. The predicted molar refractivity (Wildman–Crippen MR) is 136 cm³/mol. The monoisotopic (exact) mass is 484 g/mol. The number of hydrogen-bond donors (Lipinski definition) is 1. The zero-order valence-corrected chi connectivity index (χ0v) is 21.0. The molecular weight excluding hydrogens is 456 g/mol. The van der Waals surface area contributed by atoms with E-state index in [1.54, 1.807) is 12.1 Å². The van der Waals surface area contributed by atoms with Crippen molar-refractivity contribution >= 4 is 17.3 Å². The van der Waals surface area contributed by atoms with E-state index in [-0.39, 0.29) is 11.2 Å². The van der Waals surface area contributed by atoms with Gasteiger partial charge in [0.25, 0.3) is 0 Å². The second-order valence-corrected chi connectivity index (χ2v) is 9.89. The number of benzene rings is 2. The summed E-state index contributed by atoms with van der Waals surface area (Å²) in [6, 6.07) is 13.6. The molecule has 2 aromatic carbocycles. The molecule has 5 rings (SSSR count). The molecule has 2 aromatic rings. The molecule has 0 unspecified atom stereocenters. The van der Waals surface area contributed by atoms with E-state index in [4.69, 9.17) is 24.9 Å². The summed E-state index contributed by atoms with van der Waals surface area (Å²) in [6.45, 7) is 4.17. The number of nitriles is 1. The first-order chi connectivity index (χ1) is 17.2. The van der Waals surface area contributed by atoms with Gasteiger partial charge < -0.3 is 19.9 Å². The van der Waals surface area contributed by atoms with E-state index in [0.717, 1.165) is 16.9 Å². The Kier molecular flexibility index (Phi) is 5.51. The topological polar surface area (TPSA) is 110 Å². The van der Waals surface area contributed by atoms with E-state index in [1.807, 2.05) is 29.2 Å². The van der Waals surface area contributed by atoms with Gasteiger partial charge in [0.15, 0.2) is 23.1 Å². The molecule has 36 heavy (non-hydrogen) atoms. The normalized spacial score (nSPS) is 20.1. The van der Waals surface area contributed by atoms with Crippen molar-refractivity contribution in [3.05, 3.63) is 70.2 Å². The van der Waals surface area contributed by atoms with Crippen molar-refractivity contribution in [1.82, 2.24) is 0 Å². The van der Waals surface area contributed by atoms with Crippen LogP contribution in [0.4, 0.5) is 5.69 Å². The summed E-state index contributed by atoms with van der Waals surface area (Å²) in [4.78, 5) is 20.5. The van der Waals surface area contributed by atoms with Crippen molar-refractivity contribution in [2.75, 3.05) is 26.2 Å². The van der Waals surface area contributed by atoms with Gasteiger partial charge >= 0.3 is 0 Å². The molecule has 2 aliphatic heterocycles. The number of hydrogen-bond acceptors (Lipinski definition) is 8. The van der Waals surface area contributed by atoms with Crippen LogP contribution in [-0.2, 0) is 4.79 Å². The molecule has 0 radical (unpaired) electrons. The lowest BCUT2D eigenvalue weighted by Gasteiger charge is -2.45. The number of ketones is 1. The molecule has 0 bridgehead atoms. The number of fused-ring (bicyclic) bond motifs is 4. The number of allylic oxidation sites excluding steroid dienone is 3. The zero-order valence-electron chi connectivity index (χ0n) is 21.0. The van der Waals surface area contributed by atoms with Gasteiger partial charge in [0.2, 0.25) is 5.75 Å². The molecule has 2 N–H and O–H groups in total. The van der Waals surface area contributed by atoms with E-state index in [9.17, 15) is 10.1 Å². The molecule has 2 heterocycles. The number of methoxy groups -OCH3 is 3. The van der Waals surface area contributed by atoms with E-state index >= 15 is 0 Å². The molecule has 0 spiro atoms. The molecule has 1 aliphatic carbocycles. The fourth-order valence-electron chi connectivity index (χ4n) is 5.50. The number of carbonyl (C=O) groups excluding carboxylic acids is 1. The maximum Gasteiger partial charge on any atom is 0.203 e. The van der Waals surface area contributed by atoms with Crippen LogP contribution in [0.15, 0.2) is 64.1 Å². The van der Waals surface area contributed by atoms with Crippen LogP contribution >= 0.6 is 0 Å². The average molecular weight is 485 g/mol. The van der Waals surface area contributed by atoms with Gasteiger partial charge in [-0.3, -0.25) is 9.69 Å². The smallest absolute Gasteiger partial charge is 0.203 e. The third-order valence-electron chi connectivity index (χ3n) is 6.98. The summed E-state index contributed by atoms with van der Waals surface area (Å²) >= 11 is 0. The Morgan fingerprint density at radius 2 is 1.75 bits per heavy atom. The third-order valence-corrected chi connectivity index (χ3v) is 6.98. The Labute approximate surface area is 210 Å². The van der Waals surface area contributed by atoms with Crippen LogP contribution in [0.1, 0.15) is 43.7 Å². The highest BCUT2D eigenvalue weighted by atomic mass is 16.5. The SMILES string of the molecule is COc1cc([C@@H]2C(C#N)=C3N=C(N)c4ccccc4N3C3=C2C(=O)CC(C)(C)C3)cc(OC)c1OC. The molecule has 1 atom stereocenters. The number of para-hydroxylation sites is 1. The molecule has 184 valence electrons. The maximum absolute atomic E-state index is 13.8. The Morgan fingerprint density at radius 3 is 2.36 bits per heavy atom. The van der Waals surface area contributed by atoms with E-state index in [1.165, 1.54) is 21.3 Å². The number of nitrogens with two attached hydrogens (primary N) is 1. The van der Waals surface area contributed by atoms with Crippen LogP contribution < -0.4 is 24.8 Å². The van der Waals surface area contributed by atoms with E-state index in [2.05, 4.69) is 19.9 Å². The first-order valence-corrected chi connectivity index (χ1v) is 11.7. The minimum atomic E-state index is -0.657. The Hall–Kier alpha value is -4.25. The summed E-state index contributed by atoms with van der Waals surface area (Å²) in [7, 11) is 4.61. The second-order valence-electron chi connectivity index (χ2n) is 9.89. The molecule has 0 aromatic heterocycles. The van der Waals surface area contributed by atoms with Gasteiger partial charge in [0.1, 0.15) is 5.84 Å². The summed E-state index contributed by atoms with van der Waals surface area (Å²) < 4.78 is 16.7. The quantitative estimate of drug-likeness (QED) is 0.684. The molecule has 3 aliphatic rings. The lowest BCUT2D eigenvalue weighted by atomic mass is 9.68. The van der Waals surface area contributed by atoms with Gasteiger partial charge in [-0.05, 0) is 41.7 Å². The van der Waals surface area contributed by atoms with Crippen LogP contribution in [0.25, 0.3) is 0 Å². The maximum atomic E-state index is 13.8. The van der Waals surface area contributed by atoms with Crippen LogP contribution in [0.3, 0.4) is 0 Å². The molecule has 0 saturated carbocycles. The largest absolute Gasteiger partial charge is 0.493 e. The standard InChI is InChI=1S/C28H28N4O4/c1-28(2)12-19-24(20(33)13-28)23(15-10-21(34-3)25(36-5)22(11-15)35-4)17(14-29)27-31-26(30)16-8-6-7-9-18(16)32(19)27/h6-11,23H,12-13H2,1-5H3,(H2,30,31)/t23-/m1/s1. The van der Waals surface area contributed by atoms with Crippen LogP contribution in [0, 0.1) is 16.7 Å². The molecule has 8 nitrogen and oxygen atoms in total. The summed E-state index contributed by atoms with van der Waals surface area (Å²) in [5.74, 6) is 1.45. The Morgan fingerprint density at radius 1 is 1.08 bits per heavy atom. The Balaban J connectivity index is 1.85. The number of carbonyl (C=O) groups is 1. The third kappa shape index (κ3) is 3.42.